The highest BCUT2D eigenvalue weighted by Crippen LogP contribution is 2.38. The molecule has 2 atom stereocenters. The zero-order valence-corrected chi connectivity index (χ0v) is 11.1. The molecule has 19 heavy (non-hydrogen) atoms. The zero-order chi connectivity index (χ0) is 13.6. The Kier molecular flexibility index (Phi) is 2.75. The molecule has 7 heteroatoms. The summed E-state index contributed by atoms with van der Waals surface area (Å²) < 4.78 is 31.9. The Morgan fingerprint density at radius 3 is 2.89 bits per heavy atom. The van der Waals surface area contributed by atoms with Crippen molar-refractivity contribution in [2.45, 2.75) is 18.6 Å². The van der Waals surface area contributed by atoms with Crippen LogP contribution in [0, 0.1) is 0 Å². The quantitative estimate of drug-likeness (QED) is 0.771. The number of anilines is 1. The molecule has 3 rings (SSSR count). The van der Waals surface area contributed by atoms with Gasteiger partial charge in [-0.2, -0.15) is 8.42 Å². The predicted octanol–water partition coefficient (Wildman–Crippen LogP) is 0.913. The molecule has 0 N–H and O–H groups in total. The van der Waals surface area contributed by atoms with Crippen LogP contribution < -0.4 is 4.90 Å². The van der Waals surface area contributed by atoms with E-state index in [0.717, 1.165) is 17.5 Å². The molecular formula is C12H13NO5S. The molecule has 0 aliphatic carbocycles. The fraction of sp³-hybridized carbons (Fsp3) is 0.417. The molecule has 0 spiro atoms. The highest BCUT2D eigenvalue weighted by molar-refractivity contribution is 7.85. The van der Waals surface area contributed by atoms with Gasteiger partial charge in [-0.1, -0.05) is 18.2 Å². The first-order valence-electron chi connectivity index (χ1n) is 5.88. The van der Waals surface area contributed by atoms with Gasteiger partial charge >= 0.3 is 6.09 Å². The van der Waals surface area contributed by atoms with Gasteiger partial charge in [0.15, 0.2) is 0 Å². The Labute approximate surface area is 111 Å². The molecule has 2 aliphatic rings. The number of hydrogen-bond donors (Lipinski definition) is 0. The van der Waals surface area contributed by atoms with E-state index in [-0.39, 0.29) is 12.6 Å². The summed E-state index contributed by atoms with van der Waals surface area (Å²) in [5.74, 6) is 0. The first-order valence-corrected chi connectivity index (χ1v) is 7.69. The fourth-order valence-corrected chi connectivity index (χ4v) is 2.93. The topological polar surface area (TPSA) is 72.9 Å². The third-order valence-electron chi connectivity index (χ3n) is 3.34. The van der Waals surface area contributed by atoms with Gasteiger partial charge in [-0.15, -0.1) is 0 Å². The number of benzene rings is 1. The number of ether oxygens (including phenoxy) is 1. The third-order valence-corrected chi connectivity index (χ3v) is 3.90. The van der Waals surface area contributed by atoms with Gasteiger partial charge < -0.3 is 4.74 Å². The monoisotopic (exact) mass is 283 g/mol. The zero-order valence-electron chi connectivity index (χ0n) is 10.3. The van der Waals surface area contributed by atoms with Crippen LogP contribution in [0.2, 0.25) is 0 Å². The van der Waals surface area contributed by atoms with Gasteiger partial charge in [0.25, 0.3) is 10.1 Å². The molecule has 1 amide bonds. The summed E-state index contributed by atoms with van der Waals surface area (Å²) >= 11 is 0. The Hall–Kier alpha value is -1.60. The average Bonchev–Trinajstić information content (AvgIpc) is 2.84. The molecule has 0 saturated carbocycles. The minimum atomic E-state index is -3.54. The van der Waals surface area contributed by atoms with E-state index in [1.54, 1.807) is 4.90 Å². The fourth-order valence-electron chi connectivity index (χ4n) is 2.55. The molecule has 6 nitrogen and oxygen atoms in total. The minimum Gasteiger partial charge on any atom is -0.441 e. The number of fused-ring (bicyclic) bond motifs is 3. The lowest BCUT2D eigenvalue weighted by molar-refractivity contribution is 0.0944. The van der Waals surface area contributed by atoms with Gasteiger partial charge in [0.1, 0.15) is 12.7 Å². The molecule has 0 radical (unpaired) electrons. The van der Waals surface area contributed by atoms with Crippen LogP contribution in [-0.2, 0) is 25.5 Å². The number of carbonyl (C=O) groups is 1. The van der Waals surface area contributed by atoms with Crippen molar-refractivity contribution in [1.29, 1.82) is 0 Å². The second-order valence-corrected chi connectivity index (χ2v) is 6.32. The van der Waals surface area contributed by atoms with Crippen molar-refractivity contribution in [3.05, 3.63) is 29.8 Å². The van der Waals surface area contributed by atoms with Crippen LogP contribution in [0.4, 0.5) is 10.5 Å². The maximum absolute atomic E-state index is 11.9. The lowest BCUT2D eigenvalue weighted by atomic mass is 10.1. The van der Waals surface area contributed by atoms with Gasteiger partial charge in [0.2, 0.25) is 0 Å². The molecule has 1 saturated heterocycles. The number of rotatable bonds is 3. The van der Waals surface area contributed by atoms with Crippen molar-refractivity contribution in [1.82, 2.24) is 0 Å². The summed E-state index contributed by atoms with van der Waals surface area (Å²) in [6.07, 6.45) is 0.622. The molecule has 0 aromatic heterocycles. The van der Waals surface area contributed by atoms with E-state index < -0.39 is 22.3 Å². The van der Waals surface area contributed by atoms with E-state index in [9.17, 15) is 13.2 Å². The smallest absolute Gasteiger partial charge is 0.415 e. The number of cyclic esters (lactones) is 1. The highest BCUT2D eigenvalue weighted by atomic mass is 32.2. The van der Waals surface area contributed by atoms with Crippen LogP contribution in [-0.4, -0.2) is 39.5 Å². The van der Waals surface area contributed by atoms with Crippen molar-refractivity contribution >= 4 is 21.9 Å². The first kappa shape index (κ1) is 12.4. The van der Waals surface area contributed by atoms with Crippen molar-refractivity contribution in [2.75, 3.05) is 17.8 Å². The Balaban J connectivity index is 1.82. The van der Waals surface area contributed by atoms with Crippen molar-refractivity contribution in [2.24, 2.45) is 0 Å². The van der Waals surface area contributed by atoms with Crippen LogP contribution in [0.3, 0.4) is 0 Å². The maximum Gasteiger partial charge on any atom is 0.415 e. The molecular weight excluding hydrogens is 270 g/mol. The predicted molar refractivity (Wildman–Crippen MR) is 67.5 cm³/mol. The number of hydrogen-bond acceptors (Lipinski definition) is 5. The van der Waals surface area contributed by atoms with E-state index in [1.807, 2.05) is 24.3 Å². The van der Waals surface area contributed by atoms with E-state index in [0.29, 0.717) is 6.42 Å². The summed E-state index contributed by atoms with van der Waals surface area (Å²) in [6.45, 7) is -0.139. The van der Waals surface area contributed by atoms with E-state index >= 15 is 0 Å². The first-order chi connectivity index (χ1) is 8.96. The highest BCUT2D eigenvalue weighted by Gasteiger charge is 2.47. The maximum atomic E-state index is 11.9. The molecule has 2 heterocycles. The van der Waals surface area contributed by atoms with Crippen molar-refractivity contribution in [3.63, 3.8) is 0 Å². The lowest BCUT2D eigenvalue weighted by Crippen LogP contribution is -2.36. The Bertz CT molecular complexity index is 627. The largest absolute Gasteiger partial charge is 0.441 e. The standard InChI is InChI=1S/C12H13NO5S/c1-19(15,16)17-7-11-10-6-8-4-2-3-5-9(8)13(10)12(14)18-11/h2-5,10-11H,6-7H2,1H3/t10-,11-/m0/s1. The second-order valence-electron chi connectivity index (χ2n) is 4.68. The molecule has 102 valence electrons. The second kappa shape index (κ2) is 4.21. The van der Waals surface area contributed by atoms with Gasteiger partial charge in [-0.25, -0.2) is 4.79 Å². The molecule has 1 aromatic carbocycles. The van der Waals surface area contributed by atoms with E-state index in [4.69, 9.17) is 8.92 Å². The van der Waals surface area contributed by atoms with Crippen LogP contribution in [0.5, 0.6) is 0 Å². The number of nitrogens with zero attached hydrogens (tertiary/aromatic N) is 1. The number of carbonyl (C=O) groups excluding carboxylic acids is 1. The van der Waals surface area contributed by atoms with E-state index in [1.165, 1.54) is 0 Å². The van der Waals surface area contributed by atoms with Crippen LogP contribution >= 0.6 is 0 Å². The van der Waals surface area contributed by atoms with Gasteiger partial charge in [0.05, 0.1) is 18.0 Å². The van der Waals surface area contributed by atoms with Crippen LogP contribution in [0.15, 0.2) is 24.3 Å². The van der Waals surface area contributed by atoms with Gasteiger partial charge in [-0.3, -0.25) is 9.08 Å². The molecule has 2 aliphatic heterocycles. The summed E-state index contributed by atoms with van der Waals surface area (Å²) in [5, 5.41) is 0. The summed E-state index contributed by atoms with van der Waals surface area (Å²) in [5.41, 5.74) is 1.90. The minimum absolute atomic E-state index is 0.139. The Morgan fingerprint density at radius 2 is 2.16 bits per heavy atom. The molecule has 1 fully saturated rings. The summed E-state index contributed by atoms with van der Waals surface area (Å²) in [7, 11) is -3.54. The normalized spacial score (nSPS) is 25.1. The average molecular weight is 283 g/mol. The molecule has 0 unspecified atom stereocenters. The SMILES string of the molecule is CS(=O)(=O)OC[C@@H]1OC(=O)N2c3ccccc3C[C@@H]12. The number of amides is 1. The summed E-state index contributed by atoms with van der Waals surface area (Å²) in [6, 6.07) is 7.39. The third kappa shape index (κ3) is 2.19. The molecule has 0 bridgehead atoms. The summed E-state index contributed by atoms with van der Waals surface area (Å²) in [4.78, 5) is 13.4. The van der Waals surface area contributed by atoms with Gasteiger partial charge in [0, 0.05) is 0 Å². The van der Waals surface area contributed by atoms with E-state index in [2.05, 4.69) is 0 Å². The lowest BCUT2D eigenvalue weighted by Gasteiger charge is -2.15. The van der Waals surface area contributed by atoms with Crippen LogP contribution in [0.1, 0.15) is 5.56 Å². The molecule has 1 aromatic rings. The van der Waals surface area contributed by atoms with Crippen molar-refractivity contribution in [3.8, 4) is 0 Å². The Morgan fingerprint density at radius 1 is 1.42 bits per heavy atom. The van der Waals surface area contributed by atoms with Crippen molar-refractivity contribution < 1.29 is 22.1 Å². The van der Waals surface area contributed by atoms with Gasteiger partial charge in [-0.05, 0) is 18.1 Å². The number of para-hydroxylation sites is 1. The van der Waals surface area contributed by atoms with Crippen LogP contribution in [0.25, 0.3) is 0 Å².